The SMILES string of the molecule is CNc1ccnc(-c2ccc(SC(F)F)cc2)c1. The summed E-state index contributed by atoms with van der Waals surface area (Å²) in [5, 5.41) is 3.03. The highest BCUT2D eigenvalue weighted by molar-refractivity contribution is 7.99. The fourth-order valence-electron chi connectivity index (χ4n) is 1.55. The van der Waals surface area contributed by atoms with Gasteiger partial charge in [-0.05, 0) is 24.3 Å². The molecule has 18 heavy (non-hydrogen) atoms. The molecule has 0 aliphatic rings. The van der Waals surface area contributed by atoms with Gasteiger partial charge < -0.3 is 5.32 Å². The Bertz CT molecular complexity index is 515. The van der Waals surface area contributed by atoms with Crippen molar-refractivity contribution in [1.29, 1.82) is 0 Å². The van der Waals surface area contributed by atoms with Gasteiger partial charge in [-0.15, -0.1) is 0 Å². The van der Waals surface area contributed by atoms with Crippen LogP contribution in [0.4, 0.5) is 14.5 Å². The summed E-state index contributed by atoms with van der Waals surface area (Å²) < 4.78 is 24.4. The zero-order valence-electron chi connectivity index (χ0n) is 9.73. The van der Waals surface area contributed by atoms with Crippen LogP contribution in [0.15, 0.2) is 47.5 Å². The minimum Gasteiger partial charge on any atom is -0.388 e. The average molecular weight is 266 g/mol. The average Bonchev–Trinajstić information content (AvgIpc) is 2.39. The maximum absolute atomic E-state index is 12.2. The number of benzene rings is 1. The van der Waals surface area contributed by atoms with Gasteiger partial charge in [-0.3, -0.25) is 4.98 Å². The number of hydrogen-bond acceptors (Lipinski definition) is 3. The van der Waals surface area contributed by atoms with E-state index >= 15 is 0 Å². The van der Waals surface area contributed by atoms with Gasteiger partial charge in [0.15, 0.2) is 0 Å². The molecule has 0 unspecified atom stereocenters. The normalized spacial score (nSPS) is 10.7. The van der Waals surface area contributed by atoms with E-state index in [0.717, 1.165) is 16.9 Å². The molecular weight excluding hydrogens is 254 g/mol. The summed E-state index contributed by atoms with van der Waals surface area (Å²) in [6.07, 6.45) is 1.71. The van der Waals surface area contributed by atoms with E-state index in [0.29, 0.717) is 16.7 Å². The Morgan fingerprint density at radius 2 is 1.89 bits per heavy atom. The molecular formula is C13H12F2N2S. The molecule has 0 radical (unpaired) electrons. The first kappa shape index (κ1) is 12.8. The maximum Gasteiger partial charge on any atom is 0.288 e. The smallest absolute Gasteiger partial charge is 0.288 e. The van der Waals surface area contributed by atoms with Gasteiger partial charge in [0.25, 0.3) is 5.76 Å². The van der Waals surface area contributed by atoms with Crippen LogP contribution in [-0.2, 0) is 0 Å². The number of nitrogens with one attached hydrogen (secondary N) is 1. The quantitative estimate of drug-likeness (QED) is 0.843. The second-order valence-electron chi connectivity index (χ2n) is 3.58. The third kappa shape index (κ3) is 3.20. The lowest BCUT2D eigenvalue weighted by Gasteiger charge is -2.05. The summed E-state index contributed by atoms with van der Waals surface area (Å²) >= 11 is 0.544. The lowest BCUT2D eigenvalue weighted by atomic mass is 10.1. The lowest BCUT2D eigenvalue weighted by molar-refractivity contribution is 0.252. The molecule has 0 fully saturated rings. The van der Waals surface area contributed by atoms with Gasteiger partial charge in [0, 0.05) is 29.4 Å². The van der Waals surface area contributed by atoms with E-state index in [4.69, 9.17) is 0 Å². The second-order valence-corrected chi connectivity index (χ2v) is 4.65. The van der Waals surface area contributed by atoms with Crippen molar-refractivity contribution in [3.8, 4) is 11.3 Å². The van der Waals surface area contributed by atoms with Crippen LogP contribution < -0.4 is 5.32 Å². The number of nitrogens with zero attached hydrogens (tertiary/aromatic N) is 1. The molecule has 0 aliphatic heterocycles. The van der Waals surface area contributed by atoms with Crippen molar-refractivity contribution in [2.45, 2.75) is 10.7 Å². The highest BCUT2D eigenvalue weighted by Crippen LogP contribution is 2.27. The Morgan fingerprint density at radius 3 is 2.50 bits per heavy atom. The first-order chi connectivity index (χ1) is 8.69. The molecule has 0 atom stereocenters. The van der Waals surface area contributed by atoms with Crippen LogP contribution in [0.2, 0.25) is 0 Å². The van der Waals surface area contributed by atoms with Crippen LogP contribution in [0, 0.1) is 0 Å². The van der Waals surface area contributed by atoms with Gasteiger partial charge in [0.2, 0.25) is 0 Å². The third-order valence-corrected chi connectivity index (χ3v) is 3.15. The molecule has 94 valence electrons. The number of alkyl halides is 2. The summed E-state index contributed by atoms with van der Waals surface area (Å²) in [5.74, 6) is -2.39. The Labute approximate surface area is 108 Å². The van der Waals surface area contributed by atoms with E-state index < -0.39 is 5.76 Å². The van der Waals surface area contributed by atoms with Crippen LogP contribution in [0.25, 0.3) is 11.3 Å². The van der Waals surface area contributed by atoms with E-state index in [2.05, 4.69) is 10.3 Å². The number of aromatic nitrogens is 1. The highest BCUT2D eigenvalue weighted by Gasteiger charge is 2.06. The summed E-state index contributed by atoms with van der Waals surface area (Å²) in [4.78, 5) is 4.81. The molecule has 1 aromatic heterocycles. The molecule has 0 bridgehead atoms. The minimum atomic E-state index is -2.39. The zero-order valence-corrected chi connectivity index (χ0v) is 10.5. The van der Waals surface area contributed by atoms with E-state index in [-0.39, 0.29) is 0 Å². The van der Waals surface area contributed by atoms with E-state index in [1.807, 2.05) is 19.2 Å². The number of thioether (sulfide) groups is 1. The van der Waals surface area contributed by atoms with Crippen molar-refractivity contribution in [1.82, 2.24) is 4.98 Å². The summed E-state index contributed by atoms with van der Waals surface area (Å²) in [7, 11) is 1.83. The first-order valence-electron chi connectivity index (χ1n) is 5.38. The molecule has 2 aromatic rings. The summed E-state index contributed by atoms with van der Waals surface area (Å²) in [5.41, 5.74) is 2.69. The number of anilines is 1. The van der Waals surface area contributed by atoms with Crippen LogP contribution in [0.3, 0.4) is 0 Å². The van der Waals surface area contributed by atoms with Gasteiger partial charge in [-0.25, -0.2) is 0 Å². The molecule has 0 spiro atoms. The molecule has 0 aliphatic carbocycles. The topological polar surface area (TPSA) is 24.9 Å². The summed E-state index contributed by atoms with van der Waals surface area (Å²) in [6, 6.07) is 10.7. The molecule has 2 nitrogen and oxygen atoms in total. The van der Waals surface area contributed by atoms with Crippen molar-refractivity contribution in [3.05, 3.63) is 42.6 Å². The van der Waals surface area contributed by atoms with Crippen LogP contribution >= 0.6 is 11.8 Å². The van der Waals surface area contributed by atoms with Gasteiger partial charge in [0.1, 0.15) is 0 Å². The fraction of sp³-hybridized carbons (Fsp3) is 0.154. The Morgan fingerprint density at radius 1 is 1.17 bits per heavy atom. The number of pyridine rings is 1. The maximum atomic E-state index is 12.2. The van der Waals surface area contributed by atoms with Gasteiger partial charge >= 0.3 is 0 Å². The van der Waals surface area contributed by atoms with Gasteiger partial charge in [0.05, 0.1) is 5.69 Å². The number of halogens is 2. The van der Waals surface area contributed by atoms with Crippen LogP contribution in [0.1, 0.15) is 0 Å². The number of rotatable bonds is 4. The molecule has 1 N–H and O–H groups in total. The van der Waals surface area contributed by atoms with E-state index in [1.54, 1.807) is 30.5 Å². The fourth-order valence-corrected chi connectivity index (χ4v) is 2.05. The molecule has 5 heteroatoms. The van der Waals surface area contributed by atoms with Crippen molar-refractivity contribution in [2.75, 3.05) is 12.4 Å². The Hall–Kier alpha value is -1.62. The minimum absolute atomic E-state index is 0.544. The molecule has 1 aromatic carbocycles. The monoisotopic (exact) mass is 266 g/mol. The van der Waals surface area contributed by atoms with Crippen molar-refractivity contribution in [2.24, 2.45) is 0 Å². The Balaban J connectivity index is 2.22. The summed E-state index contributed by atoms with van der Waals surface area (Å²) in [6.45, 7) is 0. The van der Waals surface area contributed by atoms with Crippen molar-refractivity contribution < 1.29 is 8.78 Å². The molecule has 2 rings (SSSR count). The predicted octanol–water partition coefficient (Wildman–Crippen LogP) is 4.11. The van der Waals surface area contributed by atoms with Crippen LogP contribution in [0.5, 0.6) is 0 Å². The van der Waals surface area contributed by atoms with Crippen molar-refractivity contribution >= 4 is 17.4 Å². The predicted molar refractivity (Wildman–Crippen MR) is 71.1 cm³/mol. The molecule has 0 saturated heterocycles. The second kappa shape index (κ2) is 5.82. The Kier molecular flexibility index (Phi) is 4.15. The first-order valence-corrected chi connectivity index (χ1v) is 6.26. The zero-order chi connectivity index (χ0) is 13.0. The van der Waals surface area contributed by atoms with E-state index in [1.165, 1.54) is 0 Å². The van der Waals surface area contributed by atoms with Gasteiger partial charge in [-0.2, -0.15) is 8.78 Å². The number of hydrogen-bond donors (Lipinski definition) is 1. The molecule has 0 amide bonds. The van der Waals surface area contributed by atoms with Crippen molar-refractivity contribution in [3.63, 3.8) is 0 Å². The largest absolute Gasteiger partial charge is 0.388 e. The standard InChI is InChI=1S/C13H12F2N2S/c1-16-10-6-7-17-12(8-10)9-2-4-11(5-3-9)18-13(14)15/h2-8,13H,1H3,(H,16,17). The lowest BCUT2D eigenvalue weighted by Crippen LogP contribution is -1.90. The third-order valence-electron chi connectivity index (χ3n) is 2.42. The highest BCUT2D eigenvalue weighted by atomic mass is 32.2. The molecule has 0 saturated carbocycles. The van der Waals surface area contributed by atoms with Crippen LogP contribution in [-0.4, -0.2) is 17.8 Å². The van der Waals surface area contributed by atoms with E-state index in [9.17, 15) is 8.78 Å². The van der Waals surface area contributed by atoms with Gasteiger partial charge in [-0.1, -0.05) is 23.9 Å². The molecule has 1 heterocycles.